The van der Waals surface area contributed by atoms with Crippen molar-refractivity contribution in [3.05, 3.63) is 69.3 Å². The van der Waals surface area contributed by atoms with Crippen molar-refractivity contribution in [2.75, 3.05) is 6.54 Å². The number of aromatic nitrogens is 2. The van der Waals surface area contributed by atoms with Gasteiger partial charge in [-0.1, -0.05) is 29.9 Å². The van der Waals surface area contributed by atoms with Gasteiger partial charge in [0.2, 0.25) is 5.91 Å². The number of allylic oxidation sites excluding steroid dienone is 2. The summed E-state index contributed by atoms with van der Waals surface area (Å²) < 4.78 is 2.82. The molecule has 0 aliphatic heterocycles. The summed E-state index contributed by atoms with van der Waals surface area (Å²) in [4.78, 5) is 37.2. The second-order valence-electron chi connectivity index (χ2n) is 7.11. The summed E-state index contributed by atoms with van der Waals surface area (Å²) in [5, 5.41) is 2.92. The van der Waals surface area contributed by atoms with Crippen LogP contribution in [0.15, 0.2) is 58.2 Å². The van der Waals surface area contributed by atoms with Gasteiger partial charge in [0.1, 0.15) is 0 Å². The van der Waals surface area contributed by atoms with Crippen molar-refractivity contribution >= 4 is 16.9 Å². The Morgan fingerprint density at radius 1 is 1.11 bits per heavy atom. The van der Waals surface area contributed by atoms with Crippen LogP contribution in [-0.2, 0) is 17.9 Å². The number of carbonyl (C=O) groups is 1. The van der Waals surface area contributed by atoms with E-state index in [-0.39, 0.29) is 25.4 Å². The molecule has 1 aromatic heterocycles. The first-order valence-corrected chi connectivity index (χ1v) is 9.89. The van der Waals surface area contributed by atoms with Crippen LogP contribution in [0.4, 0.5) is 0 Å². The van der Waals surface area contributed by atoms with E-state index < -0.39 is 11.1 Å². The first-order chi connectivity index (χ1) is 13.6. The second kappa shape index (κ2) is 9.35. The van der Waals surface area contributed by atoms with Gasteiger partial charge >= 0.3 is 11.1 Å². The fourth-order valence-electron chi connectivity index (χ4n) is 3.70. The Morgan fingerprint density at radius 3 is 2.50 bits per heavy atom. The minimum atomic E-state index is -0.610. The van der Waals surface area contributed by atoms with Crippen LogP contribution in [0.5, 0.6) is 0 Å². The number of para-hydroxylation sites is 2. The highest BCUT2D eigenvalue weighted by atomic mass is 16.2. The minimum Gasteiger partial charge on any atom is -0.356 e. The SMILES string of the molecule is C=CCn1c(=O)c(=O)n(CCC(=O)NCCC2=CCCCC2)c2ccccc21. The molecule has 6 heteroatoms. The molecule has 1 aliphatic rings. The average Bonchev–Trinajstić information content (AvgIpc) is 2.72. The zero-order valence-corrected chi connectivity index (χ0v) is 16.2. The lowest BCUT2D eigenvalue weighted by Gasteiger charge is -2.15. The molecular formula is C22H27N3O3. The van der Waals surface area contributed by atoms with Crippen molar-refractivity contribution < 1.29 is 4.79 Å². The predicted molar refractivity (Wildman–Crippen MR) is 111 cm³/mol. The van der Waals surface area contributed by atoms with E-state index in [9.17, 15) is 14.4 Å². The van der Waals surface area contributed by atoms with Crippen molar-refractivity contribution in [3.63, 3.8) is 0 Å². The lowest BCUT2D eigenvalue weighted by molar-refractivity contribution is -0.121. The van der Waals surface area contributed by atoms with Gasteiger partial charge < -0.3 is 9.88 Å². The summed E-state index contributed by atoms with van der Waals surface area (Å²) in [5.41, 5.74) is 1.52. The van der Waals surface area contributed by atoms with Crippen LogP contribution in [0.2, 0.25) is 0 Å². The fourth-order valence-corrected chi connectivity index (χ4v) is 3.70. The number of rotatable bonds is 8. The molecule has 0 fully saturated rings. The Bertz CT molecular complexity index is 1010. The van der Waals surface area contributed by atoms with Crippen LogP contribution in [0.3, 0.4) is 0 Å². The van der Waals surface area contributed by atoms with Crippen molar-refractivity contribution in [2.45, 2.75) is 51.6 Å². The molecule has 0 saturated carbocycles. The fraction of sp³-hybridized carbons (Fsp3) is 0.409. The molecule has 0 unspecified atom stereocenters. The van der Waals surface area contributed by atoms with Crippen LogP contribution in [0.25, 0.3) is 11.0 Å². The van der Waals surface area contributed by atoms with Gasteiger partial charge in [0, 0.05) is 26.1 Å². The maximum absolute atomic E-state index is 12.6. The molecule has 0 spiro atoms. The van der Waals surface area contributed by atoms with Gasteiger partial charge in [-0.05, 0) is 44.2 Å². The topological polar surface area (TPSA) is 73.1 Å². The molecule has 6 nitrogen and oxygen atoms in total. The largest absolute Gasteiger partial charge is 0.356 e. The van der Waals surface area contributed by atoms with Gasteiger partial charge in [-0.2, -0.15) is 0 Å². The molecule has 1 N–H and O–H groups in total. The van der Waals surface area contributed by atoms with Crippen molar-refractivity contribution in [1.29, 1.82) is 0 Å². The van der Waals surface area contributed by atoms with Gasteiger partial charge in [0.15, 0.2) is 0 Å². The van der Waals surface area contributed by atoms with Crippen LogP contribution in [0, 0.1) is 0 Å². The summed E-state index contributed by atoms with van der Waals surface area (Å²) in [6, 6.07) is 7.24. The molecule has 1 amide bonds. The van der Waals surface area contributed by atoms with Gasteiger partial charge in [-0.25, -0.2) is 0 Å². The van der Waals surface area contributed by atoms with E-state index in [0.717, 1.165) is 19.3 Å². The van der Waals surface area contributed by atoms with E-state index in [1.54, 1.807) is 18.2 Å². The Labute approximate surface area is 164 Å². The summed E-state index contributed by atoms with van der Waals surface area (Å²) >= 11 is 0. The van der Waals surface area contributed by atoms with Crippen LogP contribution in [0.1, 0.15) is 38.5 Å². The van der Waals surface area contributed by atoms with Gasteiger partial charge in [-0.15, -0.1) is 6.58 Å². The van der Waals surface area contributed by atoms with Crippen LogP contribution in [-0.4, -0.2) is 21.6 Å². The molecule has 2 aromatic rings. The third kappa shape index (κ3) is 4.50. The molecule has 0 bridgehead atoms. The van der Waals surface area contributed by atoms with E-state index in [2.05, 4.69) is 18.0 Å². The van der Waals surface area contributed by atoms with E-state index in [1.807, 2.05) is 12.1 Å². The third-order valence-electron chi connectivity index (χ3n) is 5.16. The number of nitrogens with zero attached hydrogens (tertiary/aromatic N) is 2. The monoisotopic (exact) mass is 381 g/mol. The maximum atomic E-state index is 12.6. The highest BCUT2D eigenvalue weighted by molar-refractivity contribution is 5.77. The molecular weight excluding hydrogens is 354 g/mol. The van der Waals surface area contributed by atoms with E-state index in [1.165, 1.54) is 27.5 Å². The number of carbonyl (C=O) groups excluding carboxylic acids is 1. The number of nitrogens with one attached hydrogen (secondary N) is 1. The quantitative estimate of drug-likeness (QED) is 0.564. The number of amides is 1. The van der Waals surface area contributed by atoms with Crippen molar-refractivity contribution in [3.8, 4) is 0 Å². The van der Waals surface area contributed by atoms with Crippen LogP contribution >= 0.6 is 0 Å². The summed E-state index contributed by atoms with van der Waals surface area (Å²) in [7, 11) is 0. The highest BCUT2D eigenvalue weighted by Gasteiger charge is 2.13. The molecule has 0 atom stereocenters. The van der Waals surface area contributed by atoms with E-state index >= 15 is 0 Å². The summed E-state index contributed by atoms with van der Waals surface area (Å²) in [6.07, 6.45) is 9.65. The number of hydrogen-bond acceptors (Lipinski definition) is 3. The van der Waals surface area contributed by atoms with Gasteiger partial charge in [0.05, 0.1) is 11.0 Å². The molecule has 0 radical (unpaired) electrons. The summed E-state index contributed by atoms with van der Waals surface area (Å²) in [6.45, 7) is 4.71. The zero-order valence-electron chi connectivity index (χ0n) is 16.2. The lowest BCUT2D eigenvalue weighted by atomic mass is 9.97. The van der Waals surface area contributed by atoms with E-state index in [4.69, 9.17) is 0 Å². The molecule has 148 valence electrons. The minimum absolute atomic E-state index is 0.109. The first-order valence-electron chi connectivity index (χ1n) is 9.89. The van der Waals surface area contributed by atoms with E-state index in [0.29, 0.717) is 17.6 Å². The molecule has 28 heavy (non-hydrogen) atoms. The Balaban J connectivity index is 1.69. The maximum Gasteiger partial charge on any atom is 0.317 e. The third-order valence-corrected chi connectivity index (χ3v) is 5.16. The number of benzene rings is 1. The van der Waals surface area contributed by atoms with Crippen LogP contribution < -0.4 is 16.4 Å². The number of fused-ring (bicyclic) bond motifs is 1. The van der Waals surface area contributed by atoms with Gasteiger partial charge in [-0.3, -0.25) is 19.0 Å². The smallest absolute Gasteiger partial charge is 0.317 e. The Kier molecular flexibility index (Phi) is 6.63. The Hall–Kier alpha value is -2.89. The zero-order chi connectivity index (χ0) is 19.9. The average molecular weight is 381 g/mol. The standard InChI is InChI=1S/C22H27N3O3/c1-2-15-24-18-10-6-7-11-19(18)25(22(28)21(24)27)16-13-20(26)23-14-12-17-8-4-3-5-9-17/h2,6-8,10-11H,1,3-5,9,12-16H2,(H,23,26). The molecule has 1 heterocycles. The Morgan fingerprint density at radius 2 is 1.82 bits per heavy atom. The lowest BCUT2D eigenvalue weighted by Crippen LogP contribution is -2.42. The first kappa shape index (κ1) is 19.9. The molecule has 3 rings (SSSR count). The molecule has 0 saturated heterocycles. The second-order valence-corrected chi connectivity index (χ2v) is 7.11. The number of aryl methyl sites for hydroxylation is 1. The predicted octanol–water partition coefficient (Wildman–Crippen LogP) is 2.75. The molecule has 1 aliphatic carbocycles. The van der Waals surface area contributed by atoms with Gasteiger partial charge in [0.25, 0.3) is 0 Å². The highest BCUT2D eigenvalue weighted by Crippen LogP contribution is 2.19. The summed E-state index contributed by atoms with van der Waals surface area (Å²) in [5.74, 6) is -0.109. The molecule has 1 aromatic carbocycles. The van der Waals surface area contributed by atoms with Crippen molar-refractivity contribution in [1.82, 2.24) is 14.5 Å². The van der Waals surface area contributed by atoms with Crippen molar-refractivity contribution in [2.24, 2.45) is 0 Å². The number of hydrogen-bond donors (Lipinski definition) is 1. The normalized spacial score (nSPS) is 13.9.